The molecule has 31 heavy (non-hydrogen) atoms. The number of aromatic nitrogens is 3. The number of halogens is 1. The number of benzene rings is 1. The van der Waals surface area contributed by atoms with Crippen LogP contribution >= 0.6 is 0 Å². The average Bonchev–Trinajstić information content (AvgIpc) is 2.79. The topological polar surface area (TPSA) is 57.2 Å². The number of hydrogen-bond donors (Lipinski definition) is 1. The molecule has 1 N–H and O–H groups in total. The van der Waals surface area contributed by atoms with Crippen molar-refractivity contribution in [2.24, 2.45) is 0 Å². The van der Waals surface area contributed by atoms with Crippen LogP contribution in [0.4, 0.5) is 21.6 Å². The van der Waals surface area contributed by atoms with Gasteiger partial charge in [-0.05, 0) is 63.7 Å². The molecule has 0 bridgehead atoms. The minimum absolute atomic E-state index is 0.219. The molecule has 0 aliphatic carbocycles. The van der Waals surface area contributed by atoms with E-state index in [1.54, 1.807) is 12.3 Å². The Hall–Kier alpha value is -3.06. The second-order valence-corrected chi connectivity index (χ2v) is 8.11. The first-order chi connectivity index (χ1) is 15.0. The highest BCUT2D eigenvalue weighted by molar-refractivity contribution is 5.63. The summed E-state index contributed by atoms with van der Waals surface area (Å²) >= 11 is 0. The summed E-state index contributed by atoms with van der Waals surface area (Å²) in [6, 6.07) is 13.4. The van der Waals surface area contributed by atoms with Gasteiger partial charge in [-0.3, -0.25) is 4.98 Å². The third-order valence-electron chi connectivity index (χ3n) is 5.79. The van der Waals surface area contributed by atoms with Crippen LogP contribution in [0.1, 0.15) is 25.5 Å². The summed E-state index contributed by atoms with van der Waals surface area (Å²) in [6.45, 7) is 3.78. The summed E-state index contributed by atoms with van der Waals surface area (Å²) < 4.78 is 14.9. The Kier molecular flexibility index (Phi) is 6.42. The molecule has 7 heteroatoms. The molecule has 0 spiro atoms. The normalized spacial score (nSPS) is 14.8. The molecule has 0 radical (unpaired) electrons. The Morgan fingerprint density at radius 3 is 2.55 bits per heavy atom. The fraction of sp³-hybridized carbons (Fsp3) is 0.375. The minimum Gasteiger partial charge on any atom is -0.369 e. The third kappa shape index (κ3) is 4.99. The third-order valence-corrected chi connectivity index (χ3v) is 5.79. The van der Waals surface area contributed by atoms with Gasteiger partial charge in [0.15, 0.2) is 5.82 Å². The maximum atomic E-state index is 14.9. The van der Waals surface area contributed by atoms with Crippen molar-refractivity contribution in [2.75, 3.05) is 37.4 Å². The smallest absolute Gasteiger partial charge is 0.180 e. The van der Waals surface area contributed by atoms with Crippen LogP contribution in [-0.4, -0.2) is 53.1 Å². The number of aryl methyl sites for hydroxylation is 1. The van der Waals surface area contributed by atoms with Gasteiger partial charge in [0.1, 0.15) is 17.3 Å². The van der Waals surface area contributed by atoms with Crippen molar-refractivity contribution >= 4 is 17.2 Å². The molecule has 1 fully saturated rings. The Balaban J connectivity index is 1.52. The first kappa shape index (κ1) is 21.2. The van der Waals surface area contributed by atoms with Crippen LogP contribution in [0.3, 0.4) is 0 Å². The van der Waals surface area contributed by atoms with Crippen molar-refractivity contribution in [3.63, 3.8) is 0 Å². The van der Waals surface area contributed by atoms with Gasteiger partial charge in [0, 0.05) is 42.8 Å². The summed E-state index contributed by atoms with van der Waals surface area (Å²) in [6.07, 6.45) is 4.58. The van der Waals surface area contributed by atoms with Gasteiger partial charge in [0.2, 0.25) is 0 Å². The van der Waals surface area contributed by atoms with Crippen LogP contribution in [0.25, 0.3) is 11.5 Å². The molecule has 4 rings (SSSR count). The maximum absolute atomic E-state index is 14.9. The molecule has 0 saturated carbocycles. The molecule has 0 amide bonds. The van der Waals surface area contributed by atoms with Crippen LogP contribution in [0.15, 0.2) is 48.7 Å². The molecule has 0 unspecified atom stereocenters. The zero-order valence-electron chi connectivity index (χ0n) is 18.3. The monoisotopic (exact) mass is 420 g/mol. The van der Waals surface area contributed by atoms with E-state index >= 15 is 0 Å². The average molecular weight is 421 g/mol. The SMILES string of the molecule is CCc1cc(Nc2ccc(N3CCC(N(C)C)CC3)c(F)c2)nc(-c2ccccn2)n1. The summed E-state index contributed by atoms with van der Waals surface area (Å²) in [5.41, 5.74) is 2.94. The van der Waals surface area contributed by atoms with Crippen molar-refractivity contribution in [1.82, 2.24) is 19.9 Å². The summed E-state index contributed by atoms with van der Waals surface area (Å²) in [5.74, 6) is 0.970. The number of piperidine rings is 1. The van der Waals surface area contributed by atoms with Gasteiger partial charge in [-0.2, -0.15) is 0 Å². The van der Waals surface area contributed by atoms with E-state index in [-0.39, 0.29) is 5.82 Å². The van der Waals surface area contributed by atoms with Crippen molar-refractivity contribution < 1.29 is 4.39 Å². The van der Waals surface area contributed by atoms with Crippen molar-refractivity contribution in [3.8, 4) is 11.5 Å². The lowest BCUT2D eigenvalue weighted by Gasteiger charge is -2.36. The summed E-state index contributed by atoms with van der Waals surface area (Å²) in [4.78, 5) is 17.9. The maximum Gasteiger partial charge on any atom is 0.180 e. The van der Waals surface area contributed by atoms with E-state index in [1.165, 1.54) is 0 Å². The van der Waals surface area contributed by atoms with Crippen LogP contribution in [0, 0.1) is 5.82 Å². The zero-order valence-corrected chi connectivity index (χ0v) is 18.3. The van der Waals surface area contributed by atoms with E-state index in [9.17, 15) is 4.39 Å². The van der Waals surface area contributed by atoms with E-state index in [0.29, 0.717) is 34.8 Å². The standard InChI is InChI=1S/C24H29FN6/c1-4-17-16-23(29-24(28-17)21-7-5-6-12-26-21)27-18-8-9-22(20(25)15-18)31-13-10-19(11-14-31)30(2)3/h5-9,12,15-16,19H,4,10-11,13-14H2,1-3H3,(H,27,28,29). The van der Waals surface area contributed by atoms with E-state index in [0.717, 1.165) is 38.0 Å². The minimum atomic E-state index is -0.219. The van der Waals surface area contributed by atoms with Crippen LogP contribution in [0.2, 0.25) is 0 Å². The fourth-order valence-electron chi connectivity index (χ4n) is 3.96. The van der Waals surface area contributed by atoms with Crippen LogP contribution < -0.4 is 10.2 Å². The molecule has 1 aromatic carbocycles. The molecule has 1 aliphatic heterocycles. The predicted molar refractivity (Wildman–Crippen MR) is 123 cm³/mol. The van der Waals surface area contributed by atoms with Gasteiger partial charge in [-0.15, -0.1) is 0 Å². The van der Waals surface area contributed by atoms with Crippen LogP contribution in [0.5, 0.6) is 0 Å². The van der Waals surface area contributed by atoms with Gasteiger partial charge < -0.3 is 15.1 Å². The van der Waals surface area contributed by atoms with Crippen molar-refractivity contribution in [2.45, 2.75) is 32.2 Å². The Labute approximate surface area is 183 Å². The lowest BCUT2D eigenvalue weighted by atomic mass is 10.0. The highest BCUT2D eigenvalue weighted by Crippen LogP contribution is 2.28. The van der Waals surface area contributed by atoms with E-state index < -0.39 is 0 Å². The fourth-order valence-corrected chi connectivity index (χ4v) is 3.96. The summed E-state index contributed by atoms with van der Waals surface area (Å²) in [7, 11) is 4.22. The molecule has 3 heterocycles. The van der Waals surface area contributed by atoms with E-state index in [4.69, 9.17) is 0 Å². The molecule has 1 aliphatic rings. The Morgan fingerprint density at radius 2 is 1.90 bits per heavy atom. The second kappa shape index (κ2) is 9.39. The Morgan fingerprint density at radius 1 is 1.10 bits per heavy atom. The number of anilines is 3. The molecule has 6 nitrogen and oxygen atoms in total. The highest BCUT2D eigenvalue weighted by Gasteiger charge is 2.22. The molecule has 2 aromatic heterocycles. The number of pyridine rings is 1. The molecular weight excluding hydrogens is 391 g/mol. The zero-order chi connectivity index (χ0) is 21.8. The highest BCUT2D eigenvalue weighted by atomic mass is 19.1. The van der Waals surface area contributed by atoms with Crippen molar-refractivity contribution in [3.05, 3.63) is 60.2 Å². The lowest BCUT2D eigenvalue weighted by Crippen LogP contribution is -2.42. The lowest BCUT2D eigenvalue weighted by molar-refractivity contribution is 0.249. The molecular formula is C24H29FN6. The Bertz CT molecular complexity index is 1020. The number of rotatable bonds is 6. The molecule has 0 atom stereocenters. The quantitative estimate of drug-likeness (QED) is 0.633. The first-order valence-electron chi connectivity index (χ1n) is 10.8. The van der Waals surface area contributed by atoms with E-state index in [2.05, 4.69) is 44.2 Å². The second-order valence-electron chi connectivity index (χ2n) is 8.11. The van der Waals surface area contributed by atoms with Gasteiger partial charge in [0.25, 0.3) is 0 Å². The molecule has 3 aromatic rings. The molecule has 162 valence electrons. The van der Waals surface area contributed by atoms with Gasteiger partial charge >= 0.3 is 0 Å². The largest absolute Gasteiger partial charge is 0.369 e. The summed E-state index contributed by atoms with van der Waals surface area (Å²) in [5, 5.41) is 3.24. The van der Waals surface area contributed by atoms with Crippen LogP contribution in [-0.2, 0) is 6.42 Å². The van der Waals surface area contributed by atoms with Gasteiger partial charge in [0.05, 0.1) is 5.69 Å². The predicted octanol–water partition coefficient (Wildman–Crippen LogP) is 4.51. The van der Waals surface area contributed by atoms with Gasteiger partial charge in [-0.1, -0.05) is 13.0 Å². The number of nitrogens with one attached hydrogen (secondary N) is 1. The van der Waals surface area contributed by atoms with Gasteiger partial charge in [-0.25, -0.2) is 14.4 Å². The number of nitrogens with zero attached hydrogens (tertiary/aromatic N) is 5. The molecule has 1 saturated heterocycles. The van der Waals surface area contributed by atoms with E-state index in [1.807, 2.05) is 43.3 Å². The first-order valence-corrected chi connectivity index (χ1v) is 10.8. The number of hydrogen-bond acceptors (Lipinski definition) is 6. The van der Waals surface area contributed by atoms with Crippen molar-refractivity contribution in [1.29, 1.82) is 0 Å².